The first-order chi connectivity index (χ1) is 17.0. The zero-order chi connectivity index (χ0) is 24.4. The molecule has 0 bridgehead atoms. The summed E-state index contributed by atoms with van der Waals surface area (Å²) in [6, 6.07) is 21.0. The molecular formula is C29H20F2N2OS. The molecule has 0 aliphatic heterocycles. The third kappa shape index (κ3) is 4.79. The summed E-state index contributed by atoms with van der Waals surface area (Å²) >= 11 is 1.58. The molecule has 0 aliphatic carbocycles. The first-order valence-electron chi connectivity index (χ1n) is 11.0. The third-order valence-corrected chi connectivity index (χ3v) is 6.71. The van der Waals surface area contributed by atoms with E-state index in [1.54, 1.807) is 23.7 Å². The minimum atomic E-state index is -0.840. The van der Waals surface area contributed by atoms with Crippen LogP contribution in [-0.2, 0) is 6.42 Å². The number of nitrogens with zero attached hydrogens (tertiary/aromatic N) is 2. The highest BCUT2D eigenvalue weighted by Gasteiger charge is 2.17. The molecule has 35 heavy (non-hydrogen) atoms. The Morgan fingerprint density at radius 1 is 0.886 bits per heavy atom. The second-order valence-electron chi connectivity index (χ2n) is 8.20. The molecule has 0 N–H and O–H groups in total. The Labute approximate surface area is 205 Å². The van der Waals surface area contributed by atoms with Crippen molar-refractivity contribution in [2.45, 2.75) is 13.3 Å². The molecule has 5 rings (SSSR count). The maximum Gasteiger partial charge on any atom is 0.173 e. The minimum Gasteiger partial charge on any atom is -0.294 e. The van der Waals surface area contributed by atoms with E-state index in [1.165, 1.54) is 6.07 Å². The SMILES string of the molecule is Cc1ccc(-c2nc(-c3cccnc3)cs2)cc1-c1ccc(CC(=O)c2c(F)cccc2F)cc1. The van der Waals surface area contributed by atoms with Gasteiger partial charge >= 0.3 is 0 Å². The van der Waals surface area contributed by atoms with Crippen molar-refractivity contribution in [1.82, 2.24) is 9.97 Å². The molecule has 0 fully saturated rings. The van der Waals surface area contributed by atoms with Gasteiger partial charge in [-0.05, 0) is 59.5 Å². The number of rotatable bonds is 6. The summed E-state index contributed by atoms with van der Waals surface area (Å²) in [5.41, 5.74) is 6.23. The zero-order valence-electron chi connectivity index (χ0n) is 18.8. The van der Waals surface area contributed by atoms with E-state index < -0.39 is 23.0 Å². The summed E-state index contributed by atoms with van der Waals surface area (Å²) in [5.74, 6) is -2.26. The fourth-order valence-electron chi connectivity index (χ4n) is 3.96. The molecule has 0 saturated heterocycles. The van der Waals surface area contributed by atoms with Gasteiger partial charge in [-0.2, -0.15) is 0 Å². The van der Waals surface area contributed by atoms with Crippen LogP contribution >= 0.6 is 11.3 Å². The van der Waals surface area contributed by atoms with Crippen LogP contribution in [0.25, 0.3) is 33.0 Å². The van der Waals surface area contributed by atoms with Gasteiger partial charge in [-0.15, -0.1) is 11.3 Å². The van der Waals surface area contributed by atoms with Crippen LogP contribution in [0.2, 0.25) is 0 Å². The van der Waals surface area contributed by atoms with Gasteiger partial charge in [0.15, 0.2) is 5.78 Å². The van der Waals surface area contributed by atoms with Crippen molar-refractivity contribution in [2.75, 3.05) is 0 Å². The van der Waals surface area contributed by atoms with Crippen LogP contribution in [0.3, 0.4) is 0 Å². The Balaban J connectivity index is 1.39. The van der Waals surface area contributed by atoms with E-state index in [0.29, 0.717) is 5.56 Å². The lowest BCUT2D eigenvalue weighted by atomic mass is 9.95. The number of carbonyl (C=O) groups excluding carboxylic acids is 1. The lowest BCUT2D eigenvalue weighted by Gasteiger charge is -2.10. The van der Waals surface area contributed by atoms with E-state index in [-0.39, 0.29) is 6.42 Å². The highest BCUT2D eigenvalue weighted by Crippen LogP contribution is 2.33. The summed E-state index contributed by atoms with van der Waals surface area (Å²) in [6.07, 6.45) is 3.46. The minimum absolute atomic E-state index is 0.0760. The maximum absolute atomic E-state index is 13.9. The normalized spacial score (nSPS) is 10.9. The van der Waals surface area contributed by atoms with Crippen molar-refractivity contribution in [2.24, 2.45) is 0 Å². The summed E-state index contributed by atoms with van der Waals surface area (Å²) in [4.78, 5) is 21.4. The smallest absolute Gasteiger partial charge is 0.173 e. The average Bonchev–Trinajstić information content (AvgIpc) is 3.36. The molecule has 2 aromatic heterocycles. The van der Waals surface area contributed by atoms with Gasteiger partial charge < -0.3 is 0 Å². The van der Waals surface area contributed by atoms with E-state index in [2.05, 4.69) is 23.2 Å². The van der Waals surface area contributed by atoms with Crippen LogP contribution in [0.1, 0.15) is 21.5 Å². The Bertz CT molecular complexity index is 1490. The molecule has 172 valence electrons. The third-order valence-electron chi connectivity index (χ3n) is 5.82. The molecule has 0 amide bonds. The van der Waals surface area contributed by atoms with Crippen molar-refractivity contribution >= 4 is 17.1 Å². The lowest BCUT2D eigenvalue weighted by molar-refractivity contribution is 0.0985. The van der Waals surface area contributed by atoms with E-state index in [0.717, 1.165) is 50.7 Å². The second kappa shape index (κ2) is 9.68. The number of halogens is 2. The fourth-order valence-corrected chi connectivity index (χ4v) is 4.79. The van der Waals surface area contributed by atoms with Crippen molar-refractivity contribution < 1.29 is 13.6 Å². The molecule has 0 unspecified atom stereocenters. The number of Topliss-reactive ketones (excluding diaryl/α,β-unsaturated/α-hetero) is 1. The summed E-state index contributed by atoms with van der Waals surface area (Å²) in [7, 11) is 0. The topological polar surface area (TPSA) is 42.9 Å². The molecule has 3 aromatic carbocycles. The van der Waals surface area contributed by atoms with Gasteiger partial charge in [0.25, 0.3) is 0 Å². The zero-order valence-corrected chi connectivity index (χ0v) is 19.7. The Morgan fingerprint density at radius 3 is 2.34 bits per heavy atom. The Kier molecular flexibility index (Phi) is 6.29. The molecule has 0 radical (unpaired) electrons. The van der Waals surface area contributed by atoms with E-state index in [4.69, 9.17) is 4.98 Å². The number of aromatic nitrogens is 2. The molecule has 3 nitrogen and oxygen atoms in total. The van der Waals surface area contributed by atoms with Crippen molar-refractivity contribution in [3.63, 3.8) is 0 Å². The average molecular weight is 483 g/mol. The van der Waals surface area contributed by atoms with Gasteiger partial charge in [-0.1, -0.05) is 42.5 Å². The van der Waals surface area contributed by atoms with Gasteiger partial charge in [0.05, 0.1) is 11.3 Å². The molecule has 0 atom stereocenters. The van der Waals surface area contributed by atoms with E-state index >= 15 is 0 Å². The Morgan fingerprint density at radius 2 is 1.63 bits per heavy atom. The maximum atomic E-state index is 13.9. The van der Waals surface area contributed by atoms with Crippen LogP contribution in [-0.4, -0.2) is 15.8 Å². The second-order valence-corrected chi connectivity index (χ2v) is 9.06. The predicted molar refractivity (Wildman–Crippen MR) is 135 cm³/mol. The summed E-state index contributed by atoms with van der Waals surface area (Å²) in [5, 5.41) is 2.94. The number of benzene rings is 3. The molecule has 5 aromatic rings. The number of pyridine rings is 1. The number of aryl methyl sites for hydroxylation is 1. The van der Waals surface area contributed by atoms with Gasteiger partial charge in [0.1, 0.15) is 16.6 Å². The first-order valence-corrected chi connectivity index (χ1v) is 11.9. The quantitative estimate of drug-likeness (QED) is 0.235. The number of thiazole rings is 1. The van der Waals surface area contributed by atoms with Crippen LogP contribution in [0, 0.1) is 18.6 Å². The van der Waals surface area contributed by atoms with Gasteiger partial charge in [-0.25, -0.2) is 13.8 Å². The highest BCUT2D eigenvalue weighted by molar-refractivity contribution is 7.13. The number of hydrogen-bond acceptors (Lipinski definition) is 4. The van der Waals surface area contributed by atoms with Crippen LogP contribution in [0.4, 0.5) is 8.78 Å². The number of ketones is 1. The summed E-state index contributed by atoms with van der Waals surface area (Å²) < 4.78 is 27.9. The van der Waals surface area contributed by atoms with Gasteiger partial charge in [-0.3, -0.25) is 9.78 Å². The monoisotopic (exact) mass is 482 g/mol. The van der Waals surface area contributed by atoms with E-state index in [9.17, 15) is 13.6 Å². The lowest BCUT2D eigenvalue weighted by Crippen LogP contribution is -2.09. The molecule has 2 heterocycles. The van der Waals surface area contributed by atoms with Gasteiger partial charge in [0.2, 0.25) is 0 Å². The molecular weight excluding hydrogens is 462 g/mol. The molecule has 6 heteroatoms. The van der Waals surface area contributed by atoms with Crippen LogP contribution in [0.15, 0.2) is 90.6 Å². The fraction of sp³-hybridized carbons (Fsp3) is 0.0690. The van der Waals surface area contributed by atoms with Crippen LogP contribution in [0.5, 0.6) is 0 Å². The highest BCUT2D eigenvalue weighted by atomic mass is 32.1. The van der Waals surface area contributed by atoms with Crippen molar-refractivity contribution in [1.29, 1.82) is 0 Å². The molecule has 0 aliphatic rings. The van der Waals surface area contributed by atoms with E-state index in [1.807, 2.05) is 48.7 Å². The van der Waals surface area contributed by atoms with Gasteiger partial charge in [0, 0.05) is 35.3 Å². The van der Waals surface area contributed by atoms with Crippen molar-refractivity contribution in [3.8, 4) is 33.0 Å². The largest absolute Gasteiger partial charge is 0.294 e. The molecule has 0 saturated carbocycles. The standard InChI is InChI=1S/C29H20F2N2OS/c1-18-7-10-21(29-33-26(17-35-29)22-4-3-13-32-16-22)15-23(18)20-11-8-19(9-12-20)14-27(34)28-24(30)5-2-6-25(28)31/h2-13,15-17H,14H2,1H3. The first kappa shape index (κ1) is 22.7. The van der Waals surface area contributed by atoms with Crippen LogP contribution < -0.4 is 0 Å². The Hall–Kier alpha value is -4.03. The number of hydrogen-bond donors (Lipinski definition) is 0. The molecule has 0 spiro atoms. The van der Waals surface area contributed by atoms with Crippen molar-refractivity contribution in [3.05, 3.63) is 119 Å². The number of carbonyl (C=O) groups is 1. The predicted octanol–water partition coefficient (Wildman–Crippen LogP) is 7.55. The summed E-state index contributed by atoms with van der Waals surface area (Å²) in [6.45, 7) is 2.04.